The summed E-state index contributed by atoms with van der Waals surface area (Å²) in [4.78, 5) is 39.5. The smallest absolute Gasteiger partial charge is 0.343 e. The Bertz CT molecular complexity index is 968. The number of ether oxygens (including phenoxy) is 1. The Kier molecular flexibility index (Phi) is 6.13. The molecule has 2 aromatic rings. The second-order valence-electron chi connectivity index (χ2n) is 7.27. The molecule has 10 heteroatoms. The number of hydrogen-bond donors (Lipinski definition) is 2. The summed E-state index contributed by atoms with van der Waals surface area (Å²) in [5.74, 6) is -0.487. The summed E-state index contributed by atoms with van der Waals surface area (Å²) in [6, 6.07) is 7.20. The molecular weight excluding hydrogens is 394 g/mol. The number of carbonyl (C=O) groups excluding carboxylic acids is 2. The average Bonchev–Trinajstić information content (AvgIpc) is 3.02. The number of thioether (sulfide) groups is 1. The van der Waals surface area contributed by atoms with Gasteiger partial charge in [-0.15, -0.1) is 5.10 Å². The Morgan fingerprint density at radius 2 is 2.03 bits per heavy atom. The van der Waals surface area contributed by atoms with Crippen molar-refractivity contribution in [2.45, 2.75) is 49.7 Å². The zero-order valence-electron chi connectivity index (χ0n) is 16.9. The lowest BCUT2D eigenvalue weighted by molar-refractivity contribution is -0.126. The first kappa shape index (κ1) is 21.1. The van der Waals surface area contributed by atoms with E-state index in [0.717, 1.165) is 0 Å². The van der Waals surface area contributed by atoms with Gasteiger partial charge in [-0.2, -0.15) is 0 Å². The molecule has 2 N–H and O–H groups in total. The third-order valence-electron chi connectivity index (χ3n) is 4.81. The molecule has 0 saturated carbocycles. The molecule has 0 radical (unpaired) electrons. The number of aromatic amines is 1. The monoisotopic (exact) mass is 419 g/mol. The highest BCUT2D eigenvalue weighted by atomic mass is 32.2. The standard InChI is InChI=1S/C19H25N5O4S/c1-12(29-18-22-21-17(27)23(18)10-7-11-28-4)15(25)24-14-9-6-5-8-13(14)20-16(26)19(24,2)3/h5-6,8-9,12H,7,10-11H2,1-4H3,(H,20,26)(H,21,27)/t12-/m1/s1. The topological polar surface area (TPSA) is 109 Å². The first-order chi connectivity index (χ1) is 13.8. The number of benzene rings is 1. The van der Waals surface area contributed by atoms with Crippen LogP contribution < -0.4 is 15.9 Å². The van der Waals surface area contributed by atoms with Crippen molar-refractivity contribution in [3.63, 3.8) is 0 Å². The van der Waals surface area contributed by atoms with E-state index < -0.39 is 10.8 Å². The van der Waals surface area contributed by atoms with E-state index in [1.165, 1.54) is 21.2 Å². The fourth-order valence-corrected chi connectivity index (χ4v) is 4.12. The third kappa shape index (κ3) is 4.08. The molecule has 0 unspecified atom stereocenters. The van der Waals surface area contributed by atoms with E-state index in [-0.39, 0.29) is 17.5 Å². The van der Waals surface area contributed by atoms with Crippen molar-refractivity contribution in [1.29, 1.82) is 0 Å². The maximum absolute atomic E-state index is 13.4. The number of nitrogens with one attached hydrogen (secondary N) is 2. The molecule has 2 amide bonds. The van der Waals surface area contributed by atoms with Gasteiger partial charge in [-0.25, -0.2) is 9.89 Å². The molecule has 0 aliphatic carbocycles. The minimum absolute atomic E-state index is 0.235. The highest BCUT2D eigenvalue weighted by Gasteiger charge is 2.44. The number of fused-ring (bicyclic) bond motifs is 1. The predicted octanol–water partition coefficient (Wildman–Crippen LogP) is 1.85. The van der Waals surface area contributed by atoms with Crippen molar-refractivity contribution in [2.24, 2.45) is 0 Å². The number of amides is 2. The van der Waals surface area contributed by atoms with Crippen LogP contribution in [0.4, 0.5) is 11.4 Å². The number of aromatic nitrogens is 3. The minimum Gasteiger partial charge on any atom is -0.385 e. The number of anilines is 2. The molecule has 1 aromatic heterocycles. The van der Waals surface area contributed by atoms with Gasteiger partial charge < -0.3 is 10.1 Å². The van der Waals surface area contributed by atoms with Crippen molar-refractivity contribution in [3.8, 4) is 0 Å². The van der Waals surface area contributed by atoms with Crippen LogP contribution in [0.15, 0.2) is 34.2 Å². The van der Waals surface area contributed by atoms with Crippen molar-refractivity contribution in [1.82, 2.24) is 14.8 Å². The van der Waals surface area contributed by atoms with Gasteiger partial charge in [0.2, 0.25) is 11.8 Å². The van der Waals surface area contributed by atoms with Gasteiger partial charge in [-0.3, -0.25) is 19.1 Å². The fraction of sp³-hybridized carbons (Fsp3) is 0.474. The maximum atomic E-state index is 13.4. The zero-order valence-corrected chi connectivity index (χ0v) is 17.7. The highest BCUT2D eigenvalue weighted by molar-refractivity contribution is 8.00. The highest BCUT2D eigenvalue weighted by Crippen LogP contribution is 2.38. The van der Waals surface area contributed by atoms with E-state index in [2.05, 4.69) is 15.5 Å². The van der Waals surface area contributed by atoms with Crippen LogP contribution in [-0.2, 0) is 20.9 Å². The Morgan fingerprint density at radius 1 is 1.31 bits per heavy atom. The molecule has 1 aliphatic rings. The van der Waals surface area contributed by atoms with Gasteiger partial charge in [0, 0.05) is 20.3 Å². The van der Waals surface area contributed by atoms with Crippen LogP contribution in [0.3, 0.4) is 0 Å². The Morgan fingerprint density at radius 3 is 2.76 bits per heavy atom. The summed E-state index contributed by atoms with van der Waals surface area (Å²) in [6.45, 7) is 6.12. The van der Waals surface area contributed by atoms with E-state index in [4.69, 9.17) is 4.74 Å². The molecule has 156 valence electrons. The lowest BCUT2D eigenvalue weighted by atomic mass is 9.96. The second-order valence-corrected chi connectivity index (χ2v) is 8.58. The van der Waals surface area contributed by atoms with Gasteiger partial charge in [0.05, 0.1) is 16.6 Å². The lowest BCUT2D eigenvalue weighted by Gasteiger charge is -2.43. The van der Waals surface area contributed by atoms with Crippen molar-refractivity contribution >= 4 is 35.0 Å². The molecule has 1 aromatic carbocycles. The van der Waals surface area contributed by atoms with Gasteiger partial charge in [0.15, 0.2) is 5.16 Å². The van der Waals surface area contributed by atoms with Gasteiger partial charge in [0.1, 0.15) is 5.54 Å². The third-order valence-corrected chi connectivity index (χ3v) is 5.89. The van der Waals surface area contributed by atoms with E-state index in [0.29, 0.717) is 36.1 Å². The molecule has 29 heavy (non-hydrogen) atoms. The minimum atomic E-state index is -1.05. The average molecular weight is 420 g/mol. The number of nitrogens with zero attached hydrogens (tertiary/aromatic N) is 3. The van der Waals surface area contributed by atoms with Crippen molar-refractivity contribution in [2.75, 3.05) is 23.9 Å². The van der Waals surface area contributed by atoms with E-state index >= 15 is 0 Å². The molecule has 0 saturated heterocycles. The molecule has 1 aliphatic heterocycles. The summed E-state index contributed by atoms with van der Waals surface area (Å²) in [7, 11) is 1.60. The molecule has 3 rings (SSSR count). The summed E-state index contributed by atoms with van der Waals surface area (Å²) < 4.78 is 6.53. The zero-order chi connectivity index (χ0) is 21.2. The van der Waals surface area contributed by atoms with Crippen molar-refractivity contribution in [3.05, 3.63) is 34.7 Å². The van der Waals surface area contributed by atoms with E-state index in [1.807, 2.05) is 6.07 Å². The van der Waals surface area contributed by atoms with Crippen LogP contribution in [0.1, 0.15) is 27.2 Å². The van der Waals surface area contributed by atoms with E-state index in [9.17, 15) is 14.4 Å². The number of rotatable bonds is 7. The Labute approximate surface area is 172 Å². The molecule has 0 spiro atoms. The van der Waals surface area contributed by atoms with Crippen LogP contribution in [0.25, 0.3) is 0 Å². The Balaban J connectivity index is 1.85. The largest absolute Gasteiger partial charge is 0.385 e. The summed E-state index contributed by atoms with van der Waals surface area (Å²) in [5, 5.41) is 9.20. The fourth-order valence-electron chi connectivity index (χ4n) is 3.19. The summed E-state index contributed by atoms with van der Waals surface area (Å²) >= 11 is 1.18. The molecule has 1 atom stereocenters. The molecular formula is C19H25N5O4S. The molecule has 0 bridgehead atoms. The SMILES string of the molecule is COCCCn1c(S[C@H](C)C(=O)N2c3ccccc3NC(=O)C2(C)C)n[nH]c1=O. The van der Waals surface area contributed by atoms with Gasteiger partial charge in [-0.05, 0) is 39.3 Å². The van der Waals surface area contributed by atoms with Gasteiger partial charge in [0.25, 0.3) is 0 Å². The van der Waals surface area contributed by atoms with Crippen LogP contribution in [0.5, 0.6) is 0 Å². The van der Waals surface area contributed by atoms with Crippen molar-refractivity contribution < 1.29 is 14.3 Å². The molecule has 0 fully saturated rings. The summed E-state index contributed by atoms with van der Waals surface area (Å²) in [6.07, 6.45) is 0.651. The normalized spacial score (nSPS) is 16.3. The number of para-hydroxylation sites is 2. The molecule has 2 heterocycles. The van der Waals surface area contributed by atoms with Crippen LogP contribution in [-0.4, -0.2) is 51.1 Å². The first-order valence-corrected chi connectivity index (χ1v) is 10.2. The number of carbonyl (C=O) groups is 2. The number of hydrogen-bond acceptors (Lipinski definition) is 6. The first-order valence-electron chi connectivity index (χ1n) is 9.32. The van der Waals surface area contributed by atoms with Gasteiger partial charge >= 0.3 is 5.69 Å². The number of methoxy groups -OCH3 is 1. The lowest BCUT2D eigenvalue weighted by Crippen LogP contribution is -2.60. The van der Waals surface area contributed by atoms with Crippen LogP contribution in [0.2, 0.25) is 0 Å². The second kappa shape index (κ2) is 8.42. The maximum Gasteiger partial charge on any atom is 0.343 e. The van der Waals surface area contributed by atoms with Crippen LogP contribution >= 0.6 is 11.8 Å². The van der Waals surface area contributed by atoms with Gasteiger partial charge in [-0.1, -0.05) is 23.9 Å². The van der Waals surface area contributed by atoms with E-state index in [1.54, 1.807) is 46.1 Å². The predicted molar refractivity (Wildman–Crippen MR) is 111 cm³/mol. The molecule has 9 nitrogen and oxygen atoms in total. The Hall–Kier alpha value is -2.59. The summed E-state index contributed by atoms with van der Waals surface area (Å²) in [5.41, 5.74) is -0.136. The number of H-pyrrole nitrogens is 1. The van der Waals surface area contributed by atoms with Crippen LogP contribution in [0, 0.1) is 0 Å². The quantitative estimate of drug-likeness (QED) is 0.524.